The Labute approximate surface area is 62.2 Å². The maximum Gasteiger partial charge on any atom is 0.108 e. The minimum Gasteiger partial charge on any atom is -0.384 e. The molecule has 0 bridgehead atoms. The van der Waals surface area contributed by atoms with Gasteiger partial charge >= 0.3 is 0 Å². The predicted octanol–water partition coefficient (Wildman–Crippen LogP) is 0.797. The zero-order valence-corrected chi connectivity index (χ0v) is 6.77. The summed E-state index contributed by atoms with van der Waals surface area (Å²) < 4.78 is 5.25. The second-order valence-corrected chi connectivity index (χ2v) is 2.91. The van der Waals surface area contributed by atoms with Crippen molar-refractivity contribution in [2.75, 3.05) is 13.2 Å². The summed E-state index contributed by atoms with van der Waals surface area (Å²) >= 11 is 0. The molecule has 0 fully saturated rings. The number of hydrogen-bond donors (Lipinski definition) is 1. The number of aliphatic hydroxyl groups is 1. The largest absolute Gasteiger partial charge is 0.384 e. The van der Waals surface area contributed by atoms with Gasteiger partial charge in [-0.15, -0.1) is 0 Å². The molecule has 0 radical (unpaired) electrons. The smallest absolute Gasteiger partial charge is 0.108 e. The van der Waals surface area contributed by atoms with Gasteiger partial charge < -0.3 is 9.84 Å². The van der Waals surface area contributed by atoms with Gasteiger partial charge in [-0.2, -0.15) is 0 Å². The third-order valence-electron chi connectivity index (χ3n) is 0.781. The lowest BCUT2D eigenvalue weighted by atomic mass is 10.2. The minimum absolute atomic E-state index is 0.0898. The fraction of sp³-hybridized carbons (Fsp3) is 0.750. The molecule has 0 aliphatic heterocycles. The molecule has 0 atom stereocenters. The first kappa shape index (κ1) is 9.48. The highest BCUT2D eigenvalue weighted by Crippen LogP contribution is 2.04. The first-order chi connectivity index (χ1) is 4.56. The Bertz CT molecular complexity index is 134. The van der Waals surface area contributed by atoms with E-state index in [0.717, 1.165) is 0 Å². The highest BCUT2D eigenvalue weighted by atomic mass is 16.5. The fourth-order valence-electron chi connectivity index (χ4n) is 0.360. The van der Waals surface area contributed by atoms with Crippen LogP contribution in [0.5, 0.6) is 0 Å². The van der Waals surface area contributed by atoms with E-state index in [1.54, 1.807) is 0 Å². The van der Waals surface area contributed by atoms with Gasteiger partial charge in [0.1, 0.15) is 13.2 Å². The standard InChI is InChI=1S/C8H14O2/c1-8(2,3)10-7-5-4-6-9/h9H,6-7H2,1-3H3. The first-order valence-corrected chi connectivity index (χ1v) is 3.27. The maximum absolute atomic E-state index is 8.27. The van der Waals surface area contributed by atoms with Crippen LogP contribution in [0.25, 0.3) is 0 Å². The molecule has 2 heteroatoms. The molecule has 0 rings (SSSR count). The summed E-state index contributed by atoms with van der Waals surface area (Å²) in [6.45, 7) is 6.20. The van der Waals surface area contributed by atoms with Crippen molar-refractivity contribution < 1.29 is 9.84 Å². The molecule has 0 aliphatic carbocycles. The Morgan fingerprint density at radius 3 is 2.30 bits per heavy atom. The van der Waals surface area contributed by atoms with Gasteiger partial charge in [0.2, 0.25) is 0 Å². The van der Waals surface area contributed by atoms with Crippen molar-refractivity contribution in [3.05, 3.63) is 0 Å². The number of ether oxygens (including phenoxy) is 1. The fourth-order valence-corrected chi connectivity index (χ4v) is 0.360. The SMILES string of the molecule is CC(C)(C)OCC#CCO. The molecule has 0 spiro atoms. The lowest BCUT2D eigenvalue weighted by Crippen LogP contribution is -2.19. The van der Waals surface area contributed by atoms with Crippen molar-refractivity contribution in [3.63, 3.8) is 0 Å². The van der Waals surface area contributed by atoms with Crippen molar-refractivity contribution in [3.8, 4) is 11.8 Å². The number of hydrogen-bond acceptors (Lipinski definition) is 2. The second-order valence-electron chi connectivity index (χ2n) is 2.91. The summed E-state index contributed by atoms with van der Waals surface area (Å²) in [5.41, 5.74) is -0.135. The van der Waals surface area contributed by atoms with Crippen LogP contribution in [-0.4, -0.2) is 23.9 Å². The first-order valence-electron chi connectivity index (χ1n) is 3.27. The minimum atomic E-state index is -0.135. The third-order valence-corrected chi connectivity index (χ3v) is 0.781. The zero-order chi connectivity index (χ0) is 8.04. The normalized spacial score (nSPS) is 10.4. The molecule has 1 N–H and O–H groups in total. The maximum atomic E-state index is 8.27. The number of aliphatic hydroxyl groups excluding tert-OH is 1. The van der Waals surface area contributed by atoms with E-state index in [-0.39, 0.29) is 12.2 Å². The molecule has 0 aromatic carbocycles. The van der Waals surface area contributed by atoms with Crippen LogP contribution in [0.4, 0.5) is 0 Å². The van der Waals surface area contributed by atoms with Crippen LogP contribution in [0.2, 0.25) is 0 Å². The van der Waals surface area contributed by atoms with E-state index in [9.17, 15) is 0 Å². The summed E-state index contributed by atoms with van der Waals surface area (Å²) in [6, 6.07) is 0. The number of rotatable bonds is 1. The van der Waals surface area contributed by atoms with Crippen LogP contribution in [0.3, 0.4) is 0 Å². The van der Waals surface area contributed by atoms with Gasteiger partial charge in [0.25, 0.3) is 0 Å². The highest BCUT2D eigenvalue weighted by Gasteiger charge is 2.07. The summed E-state index contributed by atoms with van der Waals surface area (Å²) in [7, 11) is 0. The van der Waals surface area contributed by atoms with Crippen LogP contribution in [-0.2, 0) is 4.74 Å². The van der Waals surface area contributed by atoms with Gasteiger partial charge in [0, 0.05) is 0 Å². The van der Waals surface area contributed by atoms with E-state index in [1.807, 2.05) is 20.8 Å². The van der Waals surface area contributed by atoms with Gasteiger partial charge in [-0.1, -0.05) is 11.8 Å². The van der Waals surface area contributed by atoms with Crippen molar-refractivity contribution >= 4 is 0 Å². The van der Waals surface area contributed by atoms with Crippen LogP contribution < -0.4 is 0 Å². The molecule has 2 nitrogen and oxygen atoms in total. The van der Waals surface area contributed by atoms with Crippen LogP contribution in [0.15, 0.2) is 0 Å². The molecule has 0 aliphatic rings. The van der Waals surface area contributed by atoms with E-state index in [0.29, 0.717) is 6.61 Å². The molecule has 10 heavy (non-hydrogen) atoms. The molecule has 0 saturated carbocycles. The van der Waals surface area contributed by atoms with E-state index in [4.69, 9.17) is 9.84 Å². The van der Waals surface area contributed by atoms with Gasteiger partial charge in [-0.3, -0.25) is 0 Å². The van der Waals surface area contributed by atoms with Gasteiger partial charge in [-0.25, -0.2) is 0 Å². The van der Waals surface area contributed by atoms with E-state index in [2.05, 4.69) is 11.8 Å². The van der Waals surface area contributed by atoms with E-state index in [1.165, 1.54) is 0 Å². The molecule has 0 heterocycles. The van der Waals surface area contributed by atoms with Crippen LogP contribution in [0, 0.1) is 11.8 Å². The predicted molar refractivity (Wildman–Crippen MR) is 40.6 cm³/mol. The van der Waals surface area contributed by atoms with E-state index < -0.39 is 0 Å². The molecule has 0 unspecified atom stereocenters. The Morgan fingerprint density at radius 2 is 1.90 bits per heavy atom. The van der Waals surface area contributed by atoms with Gasteiger partial charge in [0.15, 0.2) is 0 Å². The molecule has 0 saturated heterocycles. The van der Waals surface area contributed by atoms with Gasteiger partial charge in [-0.05, 0) is 20.8 Å². The Morgan fingerprint density at radius 1 is 1.30 bits per heavy atom. The molecule has 0 amide bonds. The summed E-state index contributed by atoms with van der Waals surface area (Å²) in [6.07, 6.45) is 0. The van der Waals surface area contributed by atoms with Crippen molar-refractivity contribution in [1.29, 1.82) is 0 Å². The van der Waals surface area contributed by atoms with Crippen molar-refractivity contribution in [1.82, 2.24) is 0 Å². The lowest BCUT2D eigenvalue weighted by molar-refractivity contribution is 0.0180. The summed E-state index contributed by atoms with van der Waals surface area (Å²) in [5.74, 6) is 5.17. The topological polar surface area (TPSA) is 29.5 Å². The molecular weight excluding hydrogens is 128 g/mol. The highest BCUT2D eigenvalue weighted by molar-refractivity contribution is 4.98. The zero-order valence-electron chi connectivity index (χ0n) is 6.77. The second kappa shape index (κ2) is 4.32. The van der Waals surface area contributed by atoms with E-state index >= 15 is 0 Å². The average molecular weight is 142 g/mol. The van der Waals surface area contributed by atoms with Crippen molar-refractivity contribution in [2.45, 2.75) is 26.4 Å². The lowest BCUT2D eigenvalue weighted by Gasteiger charge is -2.16. The van der Waals surface area contributed by atoms with Gasteiger partial charge in [0.05, 0.1) is 5.60 Å². The Hall–Kier alpha value is -0.520. The monoisotopic (exact) mass is 142 g/mol. The molecule has 0 aromatic rings. The third kappa shape index (κ3) is 7.48. The summed E-state index contributed by atoms with van der Waals surface area (Å²) in [4.78, 5) is 0. The Balaban J connectivity index is 3.37. The quantitative estimate of drug-likeness (QED) is 0.549. The molecule has 0 aromatic heterocycles. The van der Waals surface area contributed by atoms with Crippen LogP contribution >= 0.6 is 0 Å². The molecule has 58 valence electrons. The Kier molecular flexibility index (Phi) is 4.10. The average Bonchev–Trinajstić information content (AvgIpc) is 1.78. The van der Waals surface area contributed by atoms with Crippen molar-refractivity contribution in [2.24, 2.45) is 0 Å². The molecular formula is C8H14O2. The van der Waals surface area contributed by atoms with Crippen LogP contribution in [0.1, 0.15) is 20.8 Å². The summed E-state index contributed by atoms with van der Waals surface area (Å²) in [5, 5.41) is 8.27.